The van der Waals surface area contributed by atoms with Crippen LogP contribution >= 0.6 is 0 Å². The molecule has 1 aromatic carbocycles. The maximum Gasteiger partial charge on any atom is 0.254 e. The van der Waals surface area contributed by atoms with E-state index in [2.05, 4.69) is 5.32 Å². The Morgan fingerprint density at radius 3 is 2.95 bits per heavy atom. The summed E-state index contributed by atoms with van der Waals surface area (Å²) in [4.78, 5) is 14.2. The molecule has 1 atom stereocenters. The van der Waals surface area contributed by atoms with E-state index < -0.39 is 0 Å². The summed E-state index contributed by atoms with van der Waals surface area (Å²) in [5, 5.41) is 3.33. The predicted molar refractivity (Wildman–Crippen MR) is 73.7 cm³/mol. The molecule has 1 N–H and O–H groups in total. The first-order chi connectivity index (χ1) is 9.09. The van der Waals surface area contributed by atoms with Crippen LogP contribution in [0.5, 0.6) is 0 Å². The Morgan fingerprint density at radius 1 is 1.37 bits per heavy atom. The van der Waals surface area contributed by atoms with Crippen molar-refractivity contribution < 1.29 is 9.18 Å². The van der Waals surface area contributed by atoms with Gasteiger partial charge < -0.3 is 10.2 Å². The van der Waals surface area contributed by atoms with Crippen LogP contribution in [0, 0.1) is 12.7 Å². The fraction of sp³-hybridized carbons (Fsp3) is 0.533. The molecule has 1 saturated heterocycles. The summed E-state index contributed by atoms with van der Waals surface area (Å²) < 4.78 is 13.3. The second-order valence-electron chi connectivity index (χ2n) is 5.21. The van der Waals surface area contributed by atoms with Crippen LogP contribution in [0.4, 0.5) is 4.39 Å². The molecule has 0 bridgehead atoms. The summed E-state index contributed by atoms with van der Waals surface area (Å²) in [6, 6.07) is 4.63. The average Bonchev–Trinajstić information content (AvgIpc) is 2.69. The van der Waals surface area contributed by atoms with Crippen molar-refractivity contribution in [3.05, 3.63) is 35.1 Å². The van der Waals surface area contributed by atoms with Crippen LogP contribution in [0.25, 0.3) is 0 Å². The highest BCUT2D eigenvalue weighted by Crippen LogP contribution is 2.18. The van der Waals surface area contributed by atoms with Gasteiger partial charge in [0, 0.05) is 18.7 Å². The van der Waals surface area contributed by atoms with E-state index in [1.165, 1.54) is 12.1 Å². The zero-order valence-electron chi connectivity index (χ0n) is 11.6. The Bertz CT molecular complexity index is 453. The summed E-state index contributed by atoms with van der Waals surface area (Å²) >= 11 is 0. The minimum absolute atomic E-state index is 0.0797. The molecule has 104 valence electrons. The molecule has 0 saturated carbocycles. The molecule has 1 heterocycles. The first kappa shape index (κ1) is 14.0. The van der Waals surface area contributed by atoms with E-state index in [4.69, 9.17) is 0 Å². The summed E-state index contributed by atoms with van der Waals surface area (Å²) in [6.07, 6.45) is 3.03. The molecule has 1 aliphatic heterocycles. The highest BCUT2D eigenvalue weighted by Gasteiger charge is 2.23. The van der Waals surface area contributed by atoms with Gasteiger partial charge in [0.15, 0.2) is 0 Å². The van der Waals surface area contributed by atoms with Crippen LogP contribution in [0.3, 0.4) is 0 Å². The molecule has 2 rings (SSSR count). The first-order valence-electron chi connectivity index (χ1n) is 6.83. The van der Waals surface area contributed by atoms with Crippen LogP contribution in [0.15, 0.2) is 18.2 Å². The van der Waals surface area contributed by atoms with Crippen molar-refractivity contribution in [2.24, 2.45) is 0 Å². The molecule has 4 heteroatoms. The summed E-state index contributed by atoms with van der Waals surface area (Å²) in [7, 11) is 1.82. The number of aryl methyl sites for hydroxylation is 1. The summed E-state index contributed by atoms with van der Waals surface area (Å²) in [6.45, 7) is 3.79. The molecule has 0 radical (unpaired) electrons. The Kier molecular flexibility index (Phi) is 4.53. The van der Waals surface area contributed by atoms with Gasteiger partial charge in [0.2, 0.25) is 0 Å². The molecular formula is C15H21FN2O. The smallest absolute Gasteiger partial charge is 0.254 e. The van der Waals surface area contributed by atoms with Gasteiger partial charge in [0.25, 0.3) is 5.91 Å². The number of rotatable bonds is 2. The number of halogens is 1. The number of carbonyl (C=O) groups excluding carboxylic acids is 1. The van der Waals surface area contributed by atoms with E-state index in [1.54, 1.807) is 11.0 Å². The minimum atomic E-state index is -0.357. The van der Waals surface area contributed by atoms with Crippen molar-refractivity contribution in [1.29, 1.82) is 0 Å². The van der Waals surface area contributed by atoms with E-state index in [1.807, 2.05) is 14.0 Å². The van der Waals surface area contributed by atoms with Crippen molar-refractivity contribution in [3.63, 3.8) is 0 Å². The Hall–Kier alpha value is -1.42. The van der Waals surface area contributed by atoms with E-state index in [9.17, 15) is 9.18 Å². The standard InChI is InChI=1S/C15H21FN2O/c1-11-5-6-12(16)10-14(11)15(19)18(2)13-4-3-8-17-9-7-13/h5-6,10,13,17H,3-4,7-9H2,1-2H3. The van der Waals surface area contributed by atoms with Gasteiger partial charge in [-0.25, -0.2) is 4.39 Å². The molecule has 1 amide bonds. The van der Waals surface area contributed by atoms with Crippen LogP contribution in [-0.4, -0.2) is 37.0 Å². The van der Waals surface area contributed by atoms with Crippen LogP contribution < -0.4 is 5.32 Å². The molecule has 19 heavy (non-hydrogen) atoms. The largest absolute Gasteiger partial charge is 0.339 e. The lowest BCUT2D eigenvalue weighted by Crippen LogP contribution is -2.38. The van der Waals surface area contributed by atoms with E-state index in [-0.39, 0.29) is 17.8 Å². The van der Waals surface area contributed by atoms with Gasteiger partial charge in [-0.1, -0.05) is 6.07 Å². The molecule has 1 fully saturated rings. The second kappa shape index (κ2) is 6.15. The SMILES string of the molecule is Cc1ccc(F)cc1C(=O)N(C)C1CCCNCC1. The summed E-state index contributed by atoms with van der Waals surface area (Å²) in [5.74, 6) is -0.436. The van der Waals surface area contributed by atoms with E-state index >= 15 is 0 Å². The van der Waals surface area contributed by atoms with Crippen molar-refractivity contribution >= 4 is 5.91 Å². The normalized spacial score (nSPS) is 19.8. The first-order valence-corrected chi connectivity index (χ1v) is 6.83. The predicted octanol–water partition coefficient (Wildman–Crippen LogP) is 2.35. The Balaban J connectivity index is 2.15. The lowest BCUT2D eigenvalue weighted by atomic mass is 10.0. The van der Waals surface area contributed by atoms with Gasteiger partial charge in [-0.2, -0.15) is 0 Å². The molecular weight excluding hydrogens is 243 g/mol. The van der Waals surface area contributed by atoms with Gasteiger partial charge >= 0.3 is 0 Å². The molecule has 0 spiro atoms. The fourth-order valence-corrected chi connectivity index (χ4v) is 2.57. The molecule has 1 aliphatic rings. The quantitative estimate of drug-likeness (QED) is 0.889. The van der Waals surface area contributed by atoms with Crippen molar-refractivity contribution in [3.8, 4) is 0 Å². The van der Waals surface area contributed by atoms with Crippen LogP contribution in [0.2, 0.25) is 0 Å². The minimum Gasteiger partial charge on any atom is -0.339 e. The molecule has 0 aromatic heterocycles. The van der Waals surface area contributed by atoms with Crippen molar-refractivity contribution in [1.82, 2.24) is 10.2 Å². The molecule has 0 aliphatic carbocycles. The fourth-order valence-electron chi connectivity index (χ4n) is 2.57. The topological polar surface area (TPSA) is 32.3 Å². The highest BCUT2D eigenvalue weighted by atomic mass is 19.1. The zero-order valence-corrected chi connectivity index (χ0v) is 11.6. The zero-order chi connectivity index (χ0) is 13.8. The number of amides is 1. The Labute approximate surface area is 113 Å². The van der Waals surface area contributed by atoms with Gasteiger partial charge in [-0.15, -0.1) is 0 Å². The maximum atomic E-state index is 13.3. The maximum absolute atomic E-state index is 13.3. The van der Waals surface area contributed by atoms with Crippen molar-refractivity contribution in [2.75, 3.05) is 20.1 Å². The third kappa shape index (κ3) is 3.32. The van der Waals surface area contributed by atoms with Crippen LogP contribution in [-0.2, 0) is 0 Å². The third-order valence-corrected chi connectivity index (χ3v) is 3.84. The third-order valence-electron chi connectivity index (χ3n) is 3.84. The average molecular weight is 264 g/mol. The van der Waals surface area contributed by atoms with Gasteiger partial charge in [-0.3, -0.25) is 4.79 Å². The number of carbonyl (C=O) groups is 1. The number of hydrogen-bond donors (Lipinski definition) is 1. The number of hydrogen-bond acceptors (Lipinski definition) is 2. The molecule has 1 unspecified atom stereocenters. The molecule has 1 aromatic rings. The van der Waals surface area contributed by atoms with Crippen LogP contribution in [0.1, 0.15) is 35.2 Å². The highest BCUT2D eigenvalue weighted by molar-refractivity contribution is 5.95. The lowest BCUT2D eigenvalue weighted by molar-refractivity contribution is 0.0719. The van der Waals surface area contributed by atoms with Gasteiger partial charge in [0.1, 0.15) is 5.82 Å². The second-order valence-corrected chi connectivity index (χ2v) is 5.21. The van der Waals surface area contributed by atoms with E-state index in [0.717, 1.165) is 37.9 Å². The Morgan fingerprint density at radius 2 is 2.16 bits per heavy atom. The lowest BCUT2D eigenvalue weighted by Gasteiger charge is -2.27. The number of nitrogens with zero attached hydrogens (tertiary/aromatic N) is 1. The number of benzene rings is 1. The molecule has 3 nitrogen and oxygen atoms in total. The van der Waals surface area contributed by atoms with Gasteiger partial charge in [0.05, 0.1) is 0 Å². The van der Waals surface area contributed by atoms with E-state index in [0.29, 0.717) is 5.56 Å². The monoisotopic (exact) mass is 264 g/mol. The van der Waals surface area contributed by atoms with Crippen molar-refractivity contribution in [2.45, 2.75) is 32.2 Å². The summed E-state index contributed by atoms with van der Waals surface area (Å²) in [5.41, 5.74) is 1.30. The van der Waals surface area contributed by atoms with Gasteiger partial charge in [-0.05, 0) is 57.0 Å². The number of nitrogens with one attached hydrogen (secondary N) is 1.